The summed E-state index contributed by atoms with van der Waals surface area (Å²) in [6.45, 7) is 0. The highest BCUT2D eigenvalue weighted by atomic mass is 16.4. The molecule has 0 spiro atoms. The normalized spacial score (nSPS) is 9.47. The minimum Gasteiger partial charge on any atom is -0.472 e. The Morgan fingerprint density at radius 1 is 1.11 bits per heavy atom. The van der Waals surface area contributed by atoms with Gasteiger partial charge in [-0.1, -0.05) is 36.3 Å². The van der Waals surface area contributed by atoms with Gasteiger partial charge in [-0.2, -0.15) is 0 Å². The molecule has 19 heavy (non-hydrogen) atoms. The zero-order chi connectivity index (χ0) is 13.5. The lowest BCUT2D eigenvalue weighted by Gasteiger charge is -2.02. The van der Waals surface area contributed by atoms with Gasteiger partial charge in [0.2, 0.25) is 0 Å². The predicted octanol–water partition coefficient (Wildman–Crippen LogP) is 2.30. The number of aromatic nitrogens is 1. The van der Waals surface area contributed by atoms with E-state index in [1.165, 1.54) is 11.1 Å². The fourth-order valence-electron chi connectivity index (χ4n) is 1.74. The number of benzene rings is 1. The van der Waals surface area contributed by atoms with Gasteiger partial charge >= 0.3 is 5.97 Å². The zero-order valence-electron chi connectivity index (χ0n) is 10.3. The van der Waals surface area contributed by atoms with E-state index >= 15 is 0 Å². The van der Waals surface area contributed by atoms with Gasteiger partial charge in [-0.15, -0.1) is 0 Å². The van der Waals surface area contributed by atoms with E-state index in [4.69, 9.17) is 5.11 Å². The lowest BCUT2D eigenvalue weighted by Crippen LogP contribution is -1.91. The van der Waals surface area contributed by atoms with E-state index in [9.17, 15) is 4.79 Å². The number of aliphatic carboxylic acids is 1. The maximum Gasteiger partial charge on any atom is 0.381 e. The summed E-state index contributed by atoms with van der Waals surface area (Å²) >= 11 is 0. The summed E-state index contributed by atoms with van der Waals surface area (Å²) in [6, 6.07) is 12.0. The third-order valence-corrected chi connectivity index (χ3v) is 2.64. The first-order valence-corrected chi connectivity index (χ1v) is 5.92. The Bertz CT molecular complexity index is 607. The second-order valence-corrected chi connectivity index (χ2v) is 4.14. The smallest absolute Gasteiger partial charge is 0.381 e. The standard InChI is InChI=1S/C16H13NO2/c18-16(19)5-1-3-13-6-8-14(9-7-13)11-15-4-2-10-17-12-15/h2,4,6-10,12H,3,11H2,(H,18,19). The molecule has 3 heteroatoms. The third kappa shape index (κ3) is 4.29. The molecule has 1 N–H and O–H groups in total. The van der Waals surface area contributed by atoms with Crippen molar-refractivity contribution in [3.63, 3.8) is 0 Å². The first kappa shape index (κ1) is 12.8. The topological polar surface area (TPSA) is 50.2 Å². The molecular weight excluding hydrogens is 238 g/mol. The van der Waals surface area contributed by atoms with Crippen molar-refractivity contribution in [2.45, 2.75) is 12.8 Å². The van der Waals surface area contributed by atoms with Gasteiger partial charge in [0.15, 0.2) is 0 Å². The number of carboxylic acids is 1. The molecule has 0 fully saturated rings. The molecule has 0 aliphatic carbocycles. The lowest BCUT2D eigenvalue weighted by atomic mass is 10.0. The van der Waals surface area contributed by atoms with E-state index in [0.29, 0.717) is 6.42 Å². The van der Waals surface area contributed by atoms with Crippen LogP contribution in [0.3, 0.4) is 0 Å². The largest absolute Gasteiger partial charge is 0.472 e. The summed E-state index contributed by atoms with van der Waals surface area (Å²) in [7, 11) is 0. The fourth-order valence-corrected chi connectivity index (χ4v) is 1.74. The van der Waals surface area contributed by atoms with Crippen LogP contribution in [0.15, 0.2) is 48.8 Å². The molecule has 0 saturated carbocycles. The molecule has 0 atom stereocenters. The molecule has 0 bridgehead atoms. The third-order valence-electron chi connectivity index (χ3n) is 2.64. The van der Waals surface area contributed by atoms with Crippen LogP contribution in [-0.2, 0) is 17.6 Å². The van der Waals surface area contributed by atoms with Gasteiger partial charge in [-0.05, 0) is 29.2 Å². The summed E-state index contributed by atoms with van der Waals surface area (Å²) in [4.78, 5) is 14.3. The molecule has 0 radical (unpaired) electrons. The predicted molar refractivity (Wildman–Crippen MR) is 72.6 cm³/mol. The van der Waals surface area contributed by atoms with Crippen LogP contribution in [0, 0.1) is 11.8 Å². The SMILES string of the molecule is O=C(O)C#CCc1ccc(Cc2cccnc2)cc1. The molecule has 2 aromatic rings. The Balaban J connectivity index is 1.99. The lowest BCUT2D eigenvalue weighted by molar-refractivity contribution is -0.130. The maximum atomic E-state index is 10.3. The Kier molecular flexibility index (Phi) is 4.30. The molecule has 0 aliphatic rings. The number of pyridine rings is 1. The van der Waals surface area contributed by atoms with Gasteiger partial charge in [0, 0.05) is 24.7 Å². The first-order valence-electron chi connectivity index (χ1n) is 5.92. The maximum absolute atomic E-state index is 10.3. The van der Waals surface area contributed by atoms with Gasteiger partial charge in [-0.25, -0.2) is 4.79 Å². The molecule has 0 aliphatic heterocycles. The van der Waals surface area contributed by atoms with Crippen LogP contribution < -0.4 is 0 Å². The van der Waals surface area contributed by atoms with E-state index in [-0.39, 0.29) is 0 Å². The van der Waals surface area contributed by atoms with Crippen LogP contribution >= 0.6 is 0 Å². The van der Waals surface area contributed by atoms with Crippen molar-refractivity contribution < 1.29 is 9.90 Å². The van der Waals surface area contributed by atoms with E-state index in [0.717, 1.165) is 12.0 Å². The molecular formula is C16H13NO2. The van der Waals surface area contributed by atoms with Crippen molar-refractivity contribution >= 4 is 5.97 Å². The number of carbonyl (C=O) groups is 1. The number of hydrogen-bond donors (Lipinski definition) is 1. The average molecular weight is 251 g/mol. The minimum absolute atomic E-state index is 0.458. The quantitative estimate of drug-likeness (QED) is 0.851. The molecule has 0 unspecified atom stereocenters. The van der Waals surface area contributed by atoms with Crippen LogP contribution in [0.1, 0.15) is 16.7 Å². The van der Waals surface area contributed by atoms with Crippen LogP contribution in [0.5, 0.6) is 0 Å². The molecule has 1 aromatic heterocycles. The Hall–Kier alpha value is -2.60. The molecule has 1 heterocycles. The minimum atomic E-state index is -1.09. The van der Waals surface area contributed by atoms with Gasteiger partial charge in [0.25, 0.3) is 0 Å². The van der Waals surface area contributed by atoms with Gasteiger partial charge in [0.1, 0.15) is 0 Å². The van der Waals surface area contributed by atoms with Crippen molar-refractivity contribution in [3.8, 4) is 11.8 Å². The Labute approximate surface area is 111 Å². The summed E-state index contributed by atoms with van der Waals surface area (Å²) < 4.78 is 0. The van der Waals surface area contributed by atoms with Crippen LogP contribution in [0.2, 0.25) is 0 Å². The van der Waals surface area contributed by atoms with Crippen LogP contribution in [0.25, 0.3) is 0 Å². The second-order valence-electron chi connectivity index (χ2n) is 4.14. The zero-order valence-corrected chi connectivity index (χ0v) is 10.3. The number of nitrogens with zero attached hydrogens (tertiary/aromatic N) is 1. The van der Waals surface area contributed by atoms with E-state index in [1.54, 1.807) is 6.20 Å². The van der Waals surface area contributed by atoms with Gasteiger partial charge in [-0.3, -0.25) is 4.98 Å². The summed E-state index contributed by atoms with van der Waals surface area (Å²) in [6.07, 6.45) is 4.91. The molecule has 0 saturated heterocycles. The summed E-state index contributed by atoms with van der Waals surface area (Å²) in [5.74, 6) is 3.63. The first-order chi connectivity index (χ1) is 9.24. The van der Waals surface area contributed by atoms with E-state index in [2.05, 4.69) is 16.8 Å². The van der Waals surface area contributed by atoms with Crippen molar-refractivity contribution in [1.29, 1.82) is 0 Å². The van der Waals surface area contributed by atoms with Gasteiger partial charge < -0.3 is 5.11 Å². The van der Waals surface area contributed by atoms with E-state index in [1.807, 2.05) is 42.6 Å². The van der Waals surface area contributed by atoms with Crippen molar-refractivity contribution in [1.82, 2.24) is 4.98 Å². The highest BCUT2D eigenvalue weighted by molar-refractivity contribution is 5.86. The Morgan fingerprint density at radius 3 is 2.47 bits per heavy atom. The van der Waals surface area contributed by atoms with Crippen molar-refractivity contribution in [2.24, 2.45) is 0 Å². The average Bonchev–Trinajstić information content (AvgIpc) is 2.42. The fraction of sp³-hybridized carbons (Fsp3) is 0.125. The molecule has 94 valence electrons. The summed E-state index contributed by atoms with van der Waals surface area (Å²) in [5, 5.41) is 8.42. The van der Waals surface area contributed by atoms with Crippen LogP contribution in [0.4, 0.5) is 0 Å². The number of carboxylic acid groups (broad SMARTS) is 1. The van der Waals surface area contributed by atoms with Crippen molar-refractivity contribution in [3.05, 3.63) is 65.5 Å². The van der Waals surface area contributed by atoms with Gasteiger partial charge in [0.05, 0.1) is 0 Å². The molecule has 3 nitrogen and oxygen atoms in total. The Morgan fingerprint density at radius 2 is 1.84 bits per heavy atom. The van der Waals surface area contributed by atoms with E-state index < -0.39 is 5.97 Å². The molecule has 1 aromatic carbocycles. The monoisotopic (exact) mass is 251 g/mol. The highest BCUT2D eigenvalue weighted by Gasteiger charge is 1.97. The van der Waals surface area contributed by atoms with Crippen molar-refractivity contribution in [2.75, 3.05) is 0 Å². The summed E-state index contributed by atoms with van der Waals surface area (Å²) in [5.41, 5.74) is 3.38. The highest BCUT2D eigenvalue weighted by Crippen LogP contribution is 2.10. The molecule has 0 amide bonds. The molecule has 2 rings (SSSR count). The number of rotatable bonds is 3. The van der Waals surface area contributed by atoms with Crippen LogP contribution in [-0.4, -0.2) is 16.1 Å². The number of hydrogen-bond acceptors (Lipinski definition) is 2. The second kappa shape index (κ2) is 6.36.